The maximum absolute atomic E-state index is 13.6. The van der Waals surface area contributed by atoms with Crippen molar-refractivity contribution >= 4 is 17.5 Å². The van der Waals surface area contributed by atoms with Crippen molar-refractivity contribution in [2.75, 3.05) is 11.9 Å². The molecule has 0 atom stereocenters. The summed E-state index contributed by atoms with van der Waals surface area (Å²) >= 11 is 0. The SMILES string of the molecule is CCN(Cc1cccc(NC(=O)CCc2ccccc2F)c1)C(=O)C(F)(F)F. The Morgan fingerprint density at radius 3 is 2.43 bits per heavy atom. The second-order valence-corrected chi connectivity index (χ2v) is 6.16. The van der Waals surface area contributed by atoms with Gasteiger partial charge in [0, 0.05) is 25.2 Å². The van der Waals surface area contributed by atoms with Crippen molar-refractivity contribution in [3.05, 3.63) is 65.5 Å². The molecule has 150 valence electrons. The molecule has 4 nitrogen and oxygen atoms in total. The second kappa shape index (κ2) is 9.34. The molecular formula is C20H20F4N2O2. The fourth-order valence-electron chi connectivity index (χ4n) is 2.65. The first-order valence-electron chi connectivity index (χ1n) is 8.69. The molecule has 2 rings (SSSR count). The van der Waals surface area contributed by atoms with E-state index in [9.17, 15) is 27.2 Å². The Balaban J connectivity index is 1.97. The molecule has 0 bridgehead atoms. The normalized spacial score (nSPS) is 11.2. The van der Waals surface area contributed by atoms with E-state index in [2.05, 4.69) is 5.32 Å². The number of amides is 2. The van der Waals surface area contributed by atoms with Crippen LogP contribution in [0.4, 0.5) is 23.2 Å². The van der Waals surface area contributed by atoms with Crippen LogP contribution in [-0.4, -0.2) is 29.4 Å². The molecule has 0 saturated carbocycles. The average molecular weight is 396 g/mol. The van der Waals surface area contributed by atoms with Gasteiger partial charge in [0.05, 0.1) is 0 Å². The van der Waals surface area contributed by atoms with Gasteiger partial charge in [-0.15, -0.1) is 0 Å². The minimum absolute atomic E-state index is 0.0544. The van der Waals surface area contributed by atoms with E-state index in [0.717, 1.165) is 0 Å². The number of anilines is 1. The molecule has 28 heavy (non-hydrogen) atoms. The first-order chi connectivity index (χ1) is 13.2. The van der Waals surface area contributed by atoms with Crippen LogP contribution in [0.15, 0.2) is 48.5 Å². The van der Waals surface area contributed by atoms with E-state index in [-0.39, 0.29) is 37.7 Å². The van der Waals surface area contributed by atoms with Gasteiger partial charge in [-0.1, -0.05) is 30.3 Å². The number of carbonyl (C=O) groups is 2. The Kier molecular flexibility index (Phi) is 7.14. The summed E-state index contributed by atoms with van der Waals surface area (Å²) in [6, 6.07) is 12.4. The van der Waals surface area contributed by atoms with Gasteiger partial charge >= 0.3 is 12.1 Å². The van der Waals surface area contributed by atoms with Crippen molar-refractivity contribution in [3.63, 3.8) is 0 Å². The molecule has 0 aliphatic heterocycles. The Morgan fingerprint density at radius 1 is 1.07 bits per heavy atom. The van der Waals surface area contributed by atoms with E-state index in [1.165, 1.54) is 19.1 Å². The van der Waals surface area contributed by atoms with Gasteiger partial charge in [-0.2, -0.15) is 13.2 Å². The Bertz CT molecular complexity index is 837. The molecule has 0 unspecified atom stereocenters. The quantitative estimate of drug-likeness (QED) is 0.709. The van der Waals surface area contributed by atoms with Crippen LogP contribution in [0.25, 0.3) is 0 Å². The van der Waals surface area contributed by atoms with Gasteiger partial charge in [-0.05, 0) is 42.7 Å². The van der Waals surface area contributed by atoms with E-state index >= 15 is 0 Å². The molecule has 0 fully saturated rings. The number of alkyl halides is 3. The first kappa shape index (κ1) is 21.4. The highest BCUT2D eigenvalue weighted by molar-refractivity contribution is 5.91. The highest BCUT2D eigenvalue weighted by Gasteiger charge is 2.41. The monoisotopic (exact) mass is 396 g/mol. The van der Waals surface area contributed by atoms with E-state index in [1.54, 1.807) is 36.4 Å². The summed E-state index contributed by atoms with van der Waals surface area (Å²) in [5.74, 6) is -2.64. The Labute approximate surface area is 160 Å². The standard InChI is InChI=1S/C20H20F4N2O2/c1-2-26(19(28)20(22,23)24)13-14-6-5-8-16(12-14)25-18(27)11-10-15-7-3-4-9-17(15)21/h3-9,12H,2,10-11,13H2,1H3,(H,25,27). The third-order valence-electron chi connectivity index (χ3n) is 4.07. The van der Waals surface area contributed by atoms with Crippen molar-refractivity contribution in [2.24, 2.45) is 0 Å². The maximum atomic E-state index is 13.6. The number of benzene rings is 2. The third kappa shape index (κ3) is 6.07. The van der Waals surface area contributed by atoms with Gasteiger partial charge in [0.25, 0.3) is 0 Å². The van der Waals surface area contributed by atoms with E-state index in [0.29, 0.717) is 21.7 Å². The predicted molar refractivity (Wildman–Crippen MR) is 96.9 cm³/mol. The maximum Gasteiger partial charge on any atom is 0.471 e. The van der Waals surface area contributed by atoms with E-state index in [1.807, 2.05) is 0 Å². The van der Waals surface area contributed by atoms with Crippen LogP contribution >= 0.6 is 0 Å². The smallest absolute Gasteiger partial charge is 0.331 e. The van der Waals surface area contributed by atoms with E-state index < -0.39 is 12.1 Å². The number of nitrogens with one attached hydrogen (secondary N) is 1. The largest absolute Gasteiger partial charge is 0.471 e. The molecule has 0 radical (unpaired) electrons. The molecule has 2 aromatic carbocycles. The Hall–Kier alpha value is -2.90. The molecular weight excluding hydrogens is 376 g/mol. The van der Waals surface area contributed by atoms with Gasteiger partial charge < -0.3 is 10.2 Å². The van der Waals surface area contributed by atoms with Crippen LogP contribution in [-0.2, 0) is 22.6 Å². The number of halogens is 4. The lowest BCUT2D eigenvalue weighted by Gasteiger charge is -2.22. The second-order valence-electron chi connectivity index (χ2n) is 6.16. The van der Waals surface area contributed by atoms with Crippen LogP contribution < -0.4 is 5.32 Å². The van der Waals surface area contributed by atoms with Crippen molar-refractivity contribution in [2.45, 2.75) is 32.5 Å². The number of aryl methyl sites for hydroxylation is 1. The summed E-state index contributed by atoms with van der Waals surface area (Å²) in [4.78, 5) is 24.2. The van der Waals surface area contributed by atoms with Crippen LogP contribution in [0.1, 0.15) is 24.5 Å². The summed E-state index contributed by atoms with van der Waals surface area (Å²) in [6.45, 7) is 1.13. The molecule has 0 aliphatic rings. The zero-order valence-electron chi connectivity index (χ0n) is 15.2. The fraction of sp³-hybridized carbons (Fsp3) is 0.300. The summed E-state index contributed by atoms with van der Waals surface area (Å²) < 4.78 is 51.4. The molecule has 0 spiro atoms. The Morgan fingerprint density at radius 2 is 1.79 bits per heavy atom. The van der Waals surface area contributed by atoms with Crippen LogP contribution in [0, 0.1) is 5.82 Å². The minimum Gasteiger partial charge on any atom is -0.331 e. The van der Waals surface area contributed by atoms with Gasteiger partial charge in [-0.25, -0.2) is 4.39 Å². The molecule has 0 aromatic heterocycles. The highest BCUT2D eigenvalue weighted by atomic mass is 19.4. The lowest BCUT2D eigenvalue weighted by Crippen LogP contribution is -2.40. The number of hydrogen-bond acceptors (Lipinski definition) is 2. The van der Waals surface area contributed by atoms with Crippen molar-refractivity contribution < 1.29 is 27.2 Å². The lowest BCUT2D eigenvalue weighted by molar-refractivity contribution is -0.185. The molecule has 0 aliphatic carbocycles. The van der Waals surface area contributed by atoms with Gasteiger partial charge in [0.1, 0.15) is 5.82 Å². The summed E-state index contributed by atoms with van der Waals surface area (Å²) in [5.41, 5.74) is 1.27. The van der Waals surface area contributed by atoms with Crippen molar-refractivity contribution in [3.8, 4) is 0 Å². The van der Waals surface area contributed by atoms with E-state index in [4.69, 9.17) is 0 Å². The molecule has 0 heterocycles. The van der Waals surface area contributed by atoms with Crippen LogP contribution in [0.5, 0.6) is 0 Å². The zero-order valence-corrected chi connectivity index (χ0v) is 15.2. The average Bonchev–Trinajstić information content (AvgIpc) is 2.64. The number of rotatable bonds is 7. The van der Waals surface area contributed by atoms with Crippen LogP contribution in [0.2, 0.25) is 0 Å². The van der Waals surface area contributed by atoms with Gasteiger partial charge in [0.15, 0.2) is 0 Å². The molecule has 1 N–H and O–H groups in total. The zero-order chi connectivity index (χ0) is 20.7. The van der Waals surface area contributed by atoms with Crippen molar-refractivity contribution in [1.29, 1.82) is 0 Å². The number of nitrogens with zero attached hydrogens (tertiary/aromatic N) is 1. The molecule has 2 aromatic rings. The third-order valence-corrected chi connectivity index (χ3v) is 4.07. The highest BCUT2D eigenvalue weighted by Crippen LogP contribution is 2.21. The molecule has 2 amide bonds. The summed E-state index contributed by atoms with van der Waals surface area (Å²) in [7, 11) is 0. The first-order valence-corrected chi connectivity index (χ1v) is 8.69. The molecule has 8 heteroatoms. The topological polar surface area (TPSA) is 49.4 Å². The van der Waals surface area contributed by atoms with Gasteiger partial charge in [-0.3, -0.25) is 9.59 Å². The molecule has 0 saturated heterocycles. The summed E-state index contributed by atoms with van der Waals surface area (Å²) in [6.07, 6.45) is -4.66. The predicted octanol–water partition coefficient (Wildman–Crippen LogP) is 4.31. The number of hydrogen-bond donors (Lipinski definition) is 1. The van der Waals surface area contributed by atoms with Crippen LogP contribution in [0.3, 0.4) is 0 Å². The minimum atomic E-state index is -4.94. The number of carbonyl (C=O) groups excluding carboxylic acids is 2. The van der Waals surface area contributed by atoms with Gasteiger partial charge in [0.2, 0.25) is 5.91 Å². The van der Waals surface area contributed by atoms with Crippen molar-refractivity contribution in [1.82, 2.24) is 4.90 Å². The summed E-state index contributed by atoms with van der Waals surface area (Å²) in [5, 5.41) is 2.64. The fourth-order valence-corrected chi connectivity index (χ4v) is 2.65. The lowest BCUT2D eigenvalue weighted by atomic mass is 10.1.